The number of imidazole rings is 1. The summed E-state index contributed by atoms with van der Waals surface area (Å²) in [6, 6.07) is 20.5. The van der Waals surface area contributed by atoms with Crippen LogP contribution in [0.1, 0.15) is 23.7 Å². The molecule has 0 saturated heterocycles. The Bertz CT molecular complexity index is 1400. The van der Waals surface area contributed by atoms with Crippen LogP contribution in [0, 0.1) is 13.8 Å². The second-order valence-corrected chi connectivity index (χ2v) is 8.82. The molecule has 0 aliphatic rings. The molecule has 5 aromatic rings. The summed E-state index contributed by atoms with van der Waals surface area (Å²) in [5, 5.41) is 9.94. The maximum atomic E-state index is 5.63. The van der Waals surface area contributed by atoms with Crippen molar-refractivity contribution < 1.29 is 4.74 Å². The monoisotopic (exact) mass is 455 g/mol. The second kappa shape index (κ2) is 9.11. The van der Waals surface area contributed by atoms with E-state index in [9.17, 15) is 0 Å². The molecule has 0 fully saturated rings. The minimum atomic E-state index is 0.639. The summed E-state index contributed by atoms with van der Waals surface area (Å²) in [6.45, 7) is 6.79. The Kier molecular flexibility index (Phi) is 5.88. The molecule has 0 N–H and O–H groups in total. The maximum Gasteiger partial charge on any atom is 0.196 e. The minimum Gasteiger partial charge on any atom is -0.494 e. The number of nitrogens with zero attached hydrogens (tertiary/aromatic N) is 5. The molecule has 5 rings (SSSR count). The molecule has 3 heterocycles. The number of ether oxygens (including phenoxy) is 1. The number of aryl methyl sites for hydroxylation is 2. The summed E-state index contributed by atoms with van der Waals surface area (Å²) in [5.41, 5.74) is 6.37. The van der Waals surface area contributed by atoms with Crippen LogP contribution in [0.25, 0.3) is 22.7 Å². The first-order valence-corrected chi connectivity index (χ1v) is 11.9. The molecule has 0 aliphatic heterocycles. The number of rotatable bonds is 7. The highest BCUT2D eigenvalue weighted by atomic mass is 32.2. The minimum absolute atomic E-state index is 0.639. The number of thioether (sulfide) groups is 1. The van der Waals surface area contributed by atoms with E-state index < -0.39 is 0 Å². The first-order chi connectivity index (χ1) is 16.1. The smallest absolute Gasteiger partial charge is 0.196 e. The van der Waals surface area contributed by atoms with Gasteiger partial charge in [-0.1, -0.05) is 41.6 Å². The molecule has 3 aromatic heterocycles. The highest BCUT2D eigenvalue weighted by Gasteiger charge is 2.17. The van der Waals surface area contributed by atoms with Crippen molar-refractivity contribution >= 4 is 17.4 Å². The van der Waals surface area contributed by atoms with Gasteiger partial charge in [-0.2, -0.15) is 0 Å². The average Bonchev–Trinajstić information content (AvgIpc) is 3.43. The van der Waals surface area contributed by atoms with E-state index in [1.165, 1.54) is 5.56 Å². The predicted molar refractivity (Wildman–Crippen MR) is 132 cm³/mol. The van der Waals surface area contributed by atoms with E-state index in [1.807, 2.05) is 49.5 Å². The van der Waals surface area contributed by atoms with E-state index in [4.69, 9.17) is 9.72 Å². The van der Waals surface area contributed by atoms with E-state index in [0.717, 1.165) is 44.9 Å². The Balaban J connectivity index is 1.51. The molecular formula is C26H25N5OS. The van der Waals surface area contributed by atoms with Crippen molar-refractivity contribution in [1.29, 1.82) is 0 Å². The van der Waals surface area contributed by atoms with Crippen molar-refractivity contribution in [2.24, 2.45) is 0 Å². The zero-order chi connectivity index (χ0) is 22.8. The number of aromatic nitrogens is 5. The summed E-state index contributed by atoms with van der Waals surface area (Å²) < 4.78 is 9.80. The number of benzene rings is 2. The highest BCUT2D eigenvalue weighted by molar-refractivity contribution is 7.98. The first-order valence-electron chi connectivity index (χ1n) is 10.9. The predicted octanol–water partition coefficient (Wildman–Crippen LogP) is 5.89. The van der Waals surface area contributed by atoms with Crippen molar-refractivity contribution in [2.45, 2.75) is 31.7 Å². The molecule has 0 amide bonds. The van der Waals surface area contributed by atoms with Gasteiger partial charge in [-0.15, -0.1) is 10.2 Å². The SMILES string of the molecule is CCOc1ccc(-n2c(SCc3cn4cccc(C)c4n3)nnc2-c2cccc(C)c2)cc1. The molecule has 7 heteroatoms. The van der Waals surface area contributed by atoms with Gasteiger partial charge in [0, 0.05) is 29.4 Å². The van der Waals surface area contributed by atoms with E-state index >= 15 is 0 Å². The van der Waals surface area contributed by atoms with E-state index in [-0.39, 0.29) is 0 Å². The third-order valence-corrected chi connectivity index (χ3v) is 6.36. The van der Waals surface area contributed by atoms with Gasteiger partial charge in [-0.25, -0.2) is 4.98 Å². The fourth-order valence-electron chi connectivity index (χ4n) is 3.84. The zero-order valence-electron chi connectivity index (χ0n) is 18.9. The Hall–Kier alpha value is -3.58. The van der Waals surface area contributed by atoms with Gasteiger partial charge in [0.05, 0.1) is 12.3 Å². The van der Waals surface area contributed by atoms with Crippen LogP contribution >= 0.6 is 11.8 Å². The second-order valence-electron chi connectivity index (χ2n) is 7.88. The zero-order valence-corrected chi connectivity index (χ0v) is 19.7. The van der Waals surface area contributed by atoms with Gasteiger partial charge in [0.1, 0.15) is 11.4 Å². The number of hydrogen-bond donors (Lipinski definition) is 0. The molecule has 166 valence electrons. The molecule has 0 radical (unpaired) electrons. The van der Waals surface area contributed by atoms with Crippen LogP contribution in [-0.2, 0) is 5.75 Å². The van der Waals surface area contributed by atoms with Gasteiger partial charge in [0.15, 0.2) is 11.0 Å². The summed E-state index contributed by atoms with van der Waals surface area (Å²) in [4.78, 5) is 4.81. The third kappa shape index (κ3) is 4.36. The number of hydrogen-bond acceptors (Lipinski definition) is 5. The third-order valence-electron chi connectivity index (χ3n) is 5.39. The van der Waals surface area contributed by atoms with Crippen LogP contribution in [0.3, 0.4) is 0 Å². The van der Waals surface area contributed by atoms with E-state index in [0.29, 0.717) is 12.4 Å². The first kappa shape index (κ1) is 21.3. The molecule has 0 saturated carbocycles. The lowest BCUT2D eigenvalue weighted by Gasteiger charge is -2.11. The quantitative estimate of drug-likeness (QED) is 0.286. The summed E-state index contributed by atoms with van der Waals surface area (Å²) >= 11 is 1.63. The topological polar surface area (TPSA) is 57.2 Å². The molecule has 2 aromatic carbocycles. The van der Waals surface area contributed by atoms with Gasteiger partial charge in [-0.3, -0.25) is 4.57 Å². The summed E-state index contributed by atoms with van der Waals surface area (Å²) in [5.74, 6) is 2.36. The van der Waals surface area contributed by atoms with Crippen LogP contribution in [0.15, 0.2) is 78.2 Å². The van der Waals surface area contributed by atoms with Crippen molar-refractivity contribution in [2.75, 3.05) is 6.61 Å². The fraction of sp³-hybridized carbons (Fsp3) is 0.192. The summed E-state index contributed by atoms with van der Waals surface area (Å²) in [7, 11) is 0. The Morgan fingerprint density at radius 1 is 0.970 bits per heavy atom. The number of fused-ring (bicyclic) bond motifs is 1. The van der Waals surface area contributed by atoms with Crippen LogP contribution < -0.4 is 4.74 Å². The van der Waals surface area contributed by atoms with Crippen LogP contribution in [-0.4, -0.2) is 30.8 Å². The van der Waals surface area contributed by atoms with Crippen LogP contribution in [0.5, 0.6) is 5.75 Å². The largest absolute Gasteiger partial charge is 0.494 e. The maximum absolute atomic E-state index is 5.63. The van der Waals surface area contributed by atoms with Crippen molar-refractivity contribution in [1.82, 2.24) is 24.1 Å². The highest BCUT2D eigenvalue weighted by Crippen LogP contribution is 2.31. The normalized spacial score (nSPS) is 11.2. The van der Waals surface area contributed by atoms with Gasteiger partial charge in [0.2, 0.25) is 0 Å². The van der Waals surface area contributed by atoms with Crippen molar-refractivity contribution in [3.8, 4) is 22.8 Å². The molecule has 0 aliphatic carbocycles. The van der Waals surface area contributed by atoms with Gasteiger partial charge in [0.25, 0.3) is 0 Å². The Morgan fingerprint density at radius 3 is 2.58 bits per heavy atom. The lowest BCUT2D eigenvalue weighted by atomic mass is 10.1. The number of pyridine rings is 1. The van der Waals surface area contributed by atoms with Gasteiger partial charge in [-0.05, 0) is 62.7 Å². The molecular weight excluding hydrogens is 430 g/mol. The average molecular weight is 456 g/mol. The van der Waals surface area contributed by atoms with E-state index in [1.54, 1.807) is 11.8 Å². The molecule has 33 heavy (non-hydrogen) atoms. The lowest BCUT2D eigenvalue weighted by Crippen LogP contribution is -2.00. The van der Waals surface area contributed by atoms with E-state index in [2.05, 4.69) is 63.5 Å². The van der Waals surface area contributed by atoms with Gasteiger partial charge < -0.3 is 9.14 Å². The van der Waals surface area contributed by atoms with Crippen molar-refractivity contribution in [3.63, 3.8) is 0 Å². The molecule has 0 spiro atoms. The van der Waals surface area contributed by atoms with Crippen LogP contribution in [0.4, 0.5) is 0 Å². The standard InChI is InChI=1S/C26H25N5OS/c1-4-32-23-12-10-22(11-13-23)31-25(20-9-5-7-18(2)15-20)28-29-26(31)33-17-21-16-30-14-6-8-19(3)24(30)27-21/h5-16H,4,17H2,1-3H3. The molecule has 0 bridgehead atoms. The molecule has 0 unspecified atom stereocenters. The van der Waals surface area contributed by atoms with Crippen molar-refractivity contribution in [3.05, 3.63) is 89.9 Å². The Labute approximate surface area is 197 Å². The Morgan fingerprint density at radius 2 is 1.82 bits per heavy atom. The van der Waals surface area contributed by atoms with Crippen LogP contribution in [0.2, 0.25) is 0 Å². The fourth-order valence-corrected chi connectivity index (χ4v) is 4.67. The molecule has 6 nitrogen and oxygen atoms in total. The molecule has 0 atom stereocenters. The summed E-state index contributed by atoms with van der Waals surface area (Å²) in [6.07, 6.45) is 4.11. The lowest BCUT2D eigenvalue weighted by molar-refractivity contribution is 0.340. The van der Waals surface area contributed by atoms with Gasteiger partial charge >= 0.3 is 0 Å².